The minimum atomic E-state index is -0.234. The van der Waals surface area contributed by atoms with Crippen molar-refractivity contribution in [1.29, 1.82) is 0 Å². The Morgan fingerprint density at radius 1 is 1.08 bits per heavy atom. The molecule has 3 fully saturated rings. The topological polar surface area (TPSA) is 98.0 Å². The van der Waals surface area contributed by atoms with Crippen LogP contribution < -0.4 is 9.64 Å². The van der Waals surface area contributed by atoms with Gasteiger partial charge in [-0.2, -0.15) is 15.1 Å². The highest BCUT2D eigenvalue weighted by molar-refractivity contribution is 5.82. The quantitative estimate of drug-likeness (QED) is 0.551. The summed E-state index contributed by atoms with van der Waals surface area (Å²) in [4.78, 5) is 13.9. The van der Waals surface area contributed by atoms with E-state index in [1.165, 1.54) is 11.1 Å². The van der Waals surface area contributed by atoms with E-state index in [9.17, 15) is 5.11 Å². The Bertz CT molecular complexity index is 1220. The average molecular weight is 495 g/mol. The first-order chi connectivity index (χ1) is 17.6. The number of fused-ring (bicyclic) bond motifs is 1. The summed E-state index contributed by atoms with van der Waals surface area (Å²) in [6.45, 7) is 7.97. The first kappa shape index (κ1) is 23.6. The lowest BCUT2D eigenvalue weighted by Gasteiger charge is -2.41. The van der Waals surface area contributed by atoms with Gasteiger partial charge in [0, 0.05) is 24.5 Å². The number of piperidine rings is 1. The molecule has 3 saturated heterocycles. The summed E-state index contributed by atoms with van der Waals surface area (Å²) < 4.78 is 18.3. The van der Waals surface area contributed by atoms with Gasteiger partial charge in [0.1, 0.15) is 5.82 Å². The fraction of sp³-hybridized carbons (Fsp3) is 0.577. The zero-order chi connectivity index (χ0) is 24.6. The van der Waals surface area contributed by atoms with Gasteiger partial charge in [0.2, 0.25) is 0 Å². The lowest BCUT2D eigenvalue weighted by atomic mass is 9.85. The first-order valence-corrected chi connectivity index (χ1v) is 12.8. The summed E-state index contributed by atoms with van der Waals surface area (Å²) in [6, 6.07) is 7.38. The van der Waals surface area contributed by atoms with Gasteiger partial charge in [-0.15, -0.1) is 0 Å². The van der Waals surface area contributed by atoms with Gasteiger partial charge in [0.15, 0.2) is 5.82 Å². The standard InChI is InChI=1S/C26H34N6O4/c1-17-9-19-12-27-32(23(19)10-22(17)18-3-5-30(6-4-18)20-15-35-16-20)25-11-24(28-26(29-25)34-2)31-7-8-36-21(13-31)14-33/h9-12,18,20-21,33H,3-8,13-16H2,1-2H3/t21-/m0/s1. The van der Waals surface area contributed by atoms with Gasteiger partial charge in [-0.1, -0.05) is 0 Å². The third kappa shape index (κ3) is 4.43. The molecule has 2 aromatic heterocycles. The van der Waals surface area contributed by atoms with E-state index in [4.69, 9.17) is 19.3 Å². The predicted molar refractivity (Wildman–Crippen MR) is 135 cm³/mol. The highest BCUT2D eigenvalue weighted by Gasteiger charge is 2.31. The van der Waals surface area contributed by atoms with E-state index in [0.717, 1.165) is 55.9 Å². The maximum Gasteiger partial charge on any atom is 0.320 e. The van der Waals surface area contributed by atoms with E-state index in [-0.39, 0.29) is 18.7 Å². The zero-order valence-corrected chi connectivity index (χ0v) is 21.0. The van der Waals surface area contributed by atoms with Crippen molar-refractivity contribution in [3.05, 3.63) is 35.5 Å². The number of aliphatic hydroxyl groups is 1. The molecule has 5 heterocycles. The van der Waals surface area contributed by atoms with Crippen LogP contribution in [0.15, 0.2) is 24.4 Å². The van der Waals surface area contributed by atoms with Crippen LogP contribution in [0.5, 0.6) is 6.01 Å². The second-order valence-electron chi connectivity index (χ2n) is 10.0. The predicted octanol–water partition coefficient (Wildman–Crippen LogP) is 1.91. The molecule has 0 amide bonds. The van der Waals surface area contributed by atoms with E-state index in [1.807, 2.05) is 16.9 Å². The average Bonchev–Trinajstić information content (AvgIpc) is 3.30. The summed E-state index contributed by atoms with van der Waals surface area (Å²) in [7, 11) is 1.57. The molecule has 10 nitrogen and oxygen atoms in total. The number of nitrogens with zero attached hydrogens (tertiary/aromatic N) is 6. The number of methoxy groups -OCH3 is 1. The molecule has 1 N–H and O–H groups in total. The molecule has 0 bridgehead atoms. The minimum absolute atomic E-state index is 0.0230. The molecule has 1 aromatic carbocycles. The van der Waals surface area contributed by atoms with Gasteiger partial charge in [-0.25, -0.2) is 4.68 Å². The number of likely N-dealkylation sites (tertiary alicyclic amines) is 1. The SMILES string of the molecule is COc1nc(N2CCO[C@H](CO)C2)cc(-n2ncc3cc(C)c(C4CCN(C5COC5)CC4)cc32)n1. The number of hydrogen-bond acceptors (Lipinski definition) is 9. The second kappa shape index (κ2) is 9.93. The molecule has 0 spiro atoms. The molecule has 3 aromatic rings. The molecule has 0 saturated carbocycles. The number of aromatic nitrogens is 4. The Labute approximate surface area is 210 Å². The number of rotatable bonds is 6. The Morgan fingerprint density at radius 2 is 1.89 bits per heavy atom. The van der Waals surface area contributed by atoms with Gasteiger partial charge < -0.3 is 24.2 Å². The van der Waals surface area contributed by atoms with Crippen LogP contribution in [0.2, 0.25) is 0 Å². The van der Waals surface area contributed by atoms with Crippen molar-refractivity contribution >= 4 is 16.7 Å². The van der Waals surface area contributed by atoms with Crippen LogP contribution in [0.1, 0.15) is 29.9 Å². The number of benzene rings is 1. The van der Waals surface area contributed by atoms with Crippen LogP contribution >= 0.6 is 0 Å². The molecule has 192 valence electrons. The molecule has 3 aliphatic rings. The number of ether oxygens (including phenoxy) is 3. The molecule has 0 aliphatic carbocycles. The van der Waals surface area contributed by atoms with Crippen LogP contribution in [0.25, 0.3) is 16.7 Å². The van der Waals surface area contributed by atoms with Gasteiger partial charge >= 0.3 is 6.01 Å². The number of aliphatic hydroxyl groups excluding tert-OH is 1. The van der Waals surface area contributed by atoms with Crippen molar-refractivity contribution in [1.82, 2.24) is 24.6 Å². The zero-order valence-electron chi connectivity index (χ0n) is 21.0. The fourth-order valence-corrected chi connectivity index (χ4v) is 5.64. The summed E-state index contributed by atoms with van der Waals surface area (Å²) in [5.41, 5.74) is 3.75. The van der Waals surface area contributed by atoms with Gasteiger partial charge in [0.05, 0.1) is 57.4 Å². The lowest BCUT2D eigenvalue weighted by Crippen LogP contribution is -2.51. The number of morpholine rings is 1. The Balaban J connectivity index is 1.31. The summed E-state index contributed by atoms with van der Waals surface area (Å²) >= 11 is 0. The number of aryl methyl sites for hydroxylation is 1. The third-order valence-corrected chi connectivity index (χ3v) is 7.81. The number of anilines is 1. The smallest absolute Gasteiger partial charge is 0.320 e. The molecule has 3 aliphatic heterocycles. The minimum Gasteiger partial charge on any atom is -0.467 e. The molecule has 36 heavy (non-hydrogen) atoms. The van der Waals surface area contributed by atoms with Crippen LogP contribution in [0.3, 0.4) is 0 Å². The first-order valence-electron chi connectivity index (χ1n) is 12.8. The van der Waals surface area contributed by atoms with E-state index < -0.39 is 0 Å². The lowest BCUT2D eigenvalue weighted by molar-refractivity contribution is -0.0712. The Morgan fingerprint density at radius 3 is 2.61 bits per heavy atom. The largest absolute Gasteiger partial charge is 0.467 e. The van der Waals surface area contributed by atoms with Crippen molar-refractivity contribution in [2.24, 2.45) is 0 Å². The molecule has 0 radical (unpaired) electrons. The molecular formula is C26H34N6O4. The Kier molecular flexibility index (Phi) is 6.51. The normalized spacial score (nSPS) is 22.2. The van der Waals surface area contributed by atoms with E-state index in [1.54, 1.807) is 7.11 Å². The highest BCUT2D eigenvalue weighted by Crippen LogP contribution is 2.34. The summed E-state index contributed by atoms with van der Waals surface area (Å²) in [6.07, 6.45) is 3.98. The van der Waals surface area contributed by atoms with Gasteiger partial charge in [-0.3, -0.25) is 4.90 Å². The third-order valence-electron chi connectivity index (χ3n) is 7.81. The van der Waals surface area contributed by atoms with E-state index in [0.29, 0.717) is 37.5 Å². The molecule has 1 atom stereocenters. The molecule has 6 rings (SSSR count). The van der Waals surface area contributed by atoms with Crippen LogP contribution in [0, 0.1) is 6.92 Å². The van der Waals surface area contributed by atoms with Crippen molar-refractivity contribution < 1.29 is 19.3 Å². The molecule has 10 heteroatoms. The summed E-state index contributed by atoms with van der Waals surface area (Å²) in [5.74, 6) is 1.93. The van der Waals surface area contributed by atoms with Gasteiger partial charge in [-0.05, 0) is 62.0 Å². The maximum absolute atomic E-state index is 9.56. The Hall–Kier alpha value is -2.79. The van der Waals surface area contributed by atoms with Crippen LogP contribution in [-0.2, 0) is 9.47 Å². The molecule has 0 unspecified atom stereocenters. The summed E-state index contributed by atoms with van der Waals surface area (Å²) in [5, 5.41) is 15.4. The monoisotopic (exact) mass is 494 g/mol. The van der Waals surface area contributed by atoms with Crippen molar-refractivity contribution in [3.8, 4) is 11.8 Å². The van der Waals surface area contributed by atoms with E-state index in [2.05, 4.69) is 38.8 Å². The highest BCUT2D eigenvalue weighted by atomic mass is 16.5. The van der Waals surface area contributed by atoms with Crippen LogP contribution in [-0.4, -0.2) is 102 Å². The number of hydrogen-bond donors (Lipinski definition) is 1. The van der Waals surface area contributed by atoms with Gasteiger partial charge in [0.25, 0.3) is 0 Å². The van der Waals surface area contributed by atoms with E-state index >= 15 is 0 Å². The van der Waals surface area contributed by atoms with Crippen molar-refractivity contribution in [2.75, 3.05) is 64.6 Å². The molecular weight excluding hydrogens is 460 g/mol. The second-order valence-corrected chi connectivity index (χ2v) is 10.0. The maximum atomic E-state index is 9.56. The fourth-order valence-electron chi connectivity index (χ4n) is 5.64. The van der Waals surface area contributed by atoms with Crippen molar-refractivity contribution in [2.45, 2.75) is 37.8 Å². The van der Waals surface area contributed by atoms with Crippen molar-refractivity contribution in [3.63, 3.8) is 0 Å². The van der Waals surface area contributed by atoms with Crippen LogP contribution in [0.4, 0.5) is 5.82 Å².